The molecule has 2 aromatic carbocycles. The summed E-state index contributed by atoms with van der Waals surface area (Å²) in [5, 5.41) is 0. The Morgan fingerprint density at radius 1 is 1.05 bits per heavy atom. The summed E-state index contributed by atoms with van der Waals surface area (Å²) in [4.78, 5) is 11.4. The van der Waals surface area contributed by atoms with E-state index in [1.807, 2.05) is 42.5 Å². The smallest absolute Gasteiger partial charge is 0.307 e. The predicted octanol–water partition coefficient (Wildman–Crippen LogP) is 3.73. The van der Waals surface area contributed by atoms with Crippen molar-refractivity contribution >= 4 is 18.4 Å². The van der Waals surface area contributed by atoms with Crippen LogP contribution in [0.4, 0.5) is 0 Å². The number of carbonyl (C=O) groups excluding carboxylic acids is 1. The lowest BCUT2D eigenvalue weighted by molar-refractivity contribution is -0.143. The largest absolute Gasteiger partial charge is 0.466 e. The van der Waals surface area contributed by atoms with E-state index in [4.69, 9.17) is 10.5 Å². The van der Waals surface area contributed by atoms with Gasteiger partial charge in [0.25, 0.3) is 0 Å². The average Bonchev–Trinajstić information content (AvgIpc) is 2.48. The summed E-state index contributed by atoms with van der Waals surface area (Å²) in [6.45, 7) is 2.18. The highest BCUT2D eigenvalue weighted by Gasteiger charge is 2.12. The van der Waals surface area contributed by atoms with E-state index < -0.39 is 0 Å². The summed E-state index contributed by atoms with van der Waals surface area (Å²) >= 11 is 0. The topological polar surface area (TPSA) is 52.3 Å². The van der Waals surface area contributed by atoms with Gasteiger partial charge in [-0.15, -0.1) is 12.4 Å². The molecule has 4 heteroatoms. The number of halogens is 1. The first kappa shape index (κ1) is 17.2. The first-order valence-electron chi connectivity index (χ1n) is 6.77. The Morgan fingerprint density at radius 3 is 2.19 bits per heavy atom. The summed E-state index contributed by atoms with van der Waals surface area (Å²) in [6.07, 6.45) is 0.207. The van der Waals surface area contributed by atoms with Gasteiger partial charge >= 0.3 is 5.97 Å². The average molecular weight is 306 g/mol. The first-order valence-corrected chi connectivity index (χ1v) is 6.77. The van der Waals surface area contributed by atoms with Gasteiger partial charge in [-0.05, 0) is 23.6 Å². The van der Waals surface area contributed by atoms with Gasteiger partial charge in [-0.2, -0.15) is 0 Å². The van der Waals surface area contributed by atoms with Crippen LogP contribution in [0, 0.1) is 0 Å². The predicted molar refractivity (Wildman–Crippen MR) is 87.3 cm³/mol. The van der Waals surface area contributed by atoms with Gasteiger partial charge in [0.05, 0.1) is 13.0 Å². The highest BCUT2D eigenvalue weighted by molar-refractivity contribution is 5.85. The fraction of sp³-hybridized carbons (Fsp3) is 0.235. The first-order chi connectivity index (χ1) is 9.70. The van der Waals surface area contributed by atoms with Crippen LogP contribution < -0.4 is 5.73 Å². The van der Waals surface area contributed by atoms with Crippen LogP contribution in [0.1, 0.15) is 24.9 Å². The Morgan fingerprint density at radius 2 is 1.62 bits per heavy atom. The van der Waals surface area contributed by atoms with Crippen molar-refractivity contribution in [3.63, 3.8) is 0 Å². The molecule has 0 aliphatic rings. The van der Waals surface area contributed by atoms with E-state index in [0.717, 1.165) is 16.7 Å². The number of rotatable bonds is 5. The van der Waals surface area contributed by atoms with E-state index >= 15 is 0 Å². The zero-order valence-corrected chi connectivity index (χ0v) is 12.8. The summed E-state index contributed by atoms with van der Waals surface area (Å²) in [5.41, 5.74) is 9.26. The van der Waals surface area contributed by atoms with Gasteiger partial charge in [0.2, 0.25) is 0 Å². The third-order valence-electron chi connectivity index (χ3n) is 3.14. The molecule has 0 bridgehead atoms. The Kier molecular flexibility index (Phi) is 6.92. The van der Waals surface area contributed by atoms with Crippen molar-refractivity contribution in [2.45, 2.75) is 19.4 Å². The second-order valence-corrected chi connectivity index (χ2v) is 4.60. The van der Waals surface area contributed by atoms with Crippen LogP contribution in [0.15, 0.2) is 54.6 Å². The lowest BCUT2D eigenvalue weighted by Gasteiger charge is -2.12. The van der Waals surface area contributed by atoms with Crippen molar-refractivity contribution in [3.05, 3.63) is 60.2 Å². The molecule has 0 radical (unpaired) electrons. The quantitative estimate of drug-likeness (QED) is 0.856. The van der Waals surface area contributed by atoms with Crippen molar-refractivity contribution in [1.29, 1.82) is 0 Å². The number of nitrogens with two attached hydrogens (primary N) is 1. The van der Waals surface area contributed by atoms with Gasteiger partial charge in [-0.25, -0.2) is 0 Å². The van der Waals surface area contributed by atoms with Crippen molar-refractivity contribution in [3.8, 4) is 11.1 Å². The molecule has 0 amide bonds. The lowest BCUT2D eigenvalue weighted by Crippen LogP contribution is -2.17. The number of esters is 1. The third kappa shape index (κ3) is 4.88. The molecule has 0 aliphatic heterocycles. The molecule has 0 heterocycles. The monoisotopic (exact) mass is 305 g/mol. The molecule has 0 fully saturated rings. The molecule has 0 spiro atoms. The van der Waals surface area contributed by atoms with Gasteiger partial charge in [-0.3, -0.25) is 4.79 Å². The van der Waals surface area contributed by atoms with Gasteiger partial charge in [-0.1, -0.05) is 54.6 Å². The molecule has 0 saturated carbocycles. The number of carbonyl (C=O) groups is 1. The number of hydrogen-bond acceptors (Lipinski definition) is 3. The minimum atomic E-state index is -0.320. The van der Waals surface area contributed by atoms with E-state index in [1.54, 1.807) is 6.92 Å². The Labute approximate surface area is 131 Å². The van der Waals surface area contributed by atoms with Crippen molar-refractivity contribution in [1.82, 2.24) is 0 Å². The van der Waals surface area contributed by atoms with E-state index in [0.29, 0.717) is 6.61 Å². The molecule has 1 atom stereocenters. The minimum absolute atomic E-state index is 0. The Balaban J connectivity index is 0.00000220. The van der Waals surface area contributed by atoms with Crippen LogP contribution in [0.2, 0.25) is 0 Å². The molecular weight excluding hydrogens is 286 g/mol. The van der Waals surface area contributed by atoms with Crippen molar-refractivity contribution in [2.75, 3.05) is 6.61 Å². The van der Waals surface area contributed by atoms with Crippen LogP contribution in [-0.4, -0.2) is 12.6 Å². The Hall–Kier alpha value is -1.84. The van der Waals surface area contributed by atoms with Gasteiger partial charge in [0.15, 0.2) is 0 Å². The number of benzene rings is 2. The maximum Gasteiger partial charge on any atom is 0.307 e. The van der Waals surface area contributed by atoms with E-state index in [1.165, 1.54) is 0 Å². The SMILES string of the molecule is CCOC(=O)C[C@H](N)c1ccc(-c2ccccc2)cc1.Cl. The Bertz CT molecular complexity index is 555. The molecule has 0 aliphatic carbocycles. The highest BCUT2D eigenvalue weighted by atomic mass is 35.5. The van der Waals surface area contributed by atoms with Crippen LogP contribution >= 0.6 is 12.4 Å². The zero-order chi connectivity index (χ0) is 14.4. The molecule has 0 saturated heterocycles. The zero-order valence-electron chi connectivity index (χ0n) is 12.0. The molecule has 21 heavy (non-hydrogen) atoms. The van der Waals surface area contributed by atoms with Crippen LogP contribution in [0.25, 0.3) is 11.1 Å². The van der Waals surface area contributed by atoms with Crippen LogP contribution in [-0.2, 0) is 9.53 Å². The summed E-state index contributed by atoms with van der Waals surface area (Å²) < 4.78 is 4.91. The maximum atomic E-state index is 11.4. The highest BCUT2D eigenvalue weighted by Crippen LogP contribution is 2.22. The molecule has 2 rings (SSSR count). The second kappa shape index (κ2) is 8.45. The molecule has 0 unspecified atom stereocenters. The fourth-order valence-corrected chi connectivity index (χ4v) is 2.07. The minimum Gasteiger partial charge on any atom is -0.466 e. The summed E-state index contributed by atoms with van der Waals surface area (Å²) in [7, 11) is 0. The van der Waals surface area contributed by atoms with Gasteiger partial charge in [0, 0.05) is 6.04 Å². The van der Waals surface area contributed by atoms with Crippen LogP contribution in [0.5, 0.6) is 0 Å². The molecule has 3 nitrogen and oxygen atoms in total. The second-order valence-electron chi connectivity index (χ2n) is 4.60. The summed E-state index contributed by atoms with van der Waals surface area (Å²) in [5.74, 6) is -0.257. The molecular formula is C17H20ClNO2. The van der Waals surface area contributed by atoms with E-state index in [2.05, 4.69) is 12.1 Å². The van der Waals surface area contributed by atoms with Gasteiger partial charge in [0.1, 0.15) is 0 Å². The van der Waals surface area contributed by atoms with Crippen molar-refractivity contribution in [2.24, 2.45) is 5.73 Å². The molecule has 0 aromatic heterocycles. The number of hydrogen-bond donors (Lipinski definition) is 1. The fourth-order valence-electron chi connectivity index (χ4n) is 2.07. The number of ether oxygens (including phenoxy) is 1. The molecule has 2 N–H and O–H groups in total. The van der Waals surface area contributed by atoms with Gasteiger partial charge < -0.3 is 10.5 Å². The standard InChI is InChI=1S/C17H19NO2.ClH/c1-2-20-17(19)12-16(18)15-10-8-14(9-11-15)13-6-4-3-5-7-13;/h3-11,16H,2,12,18H2,1H3;1H/t16-;/m0./s1. The molecule has 112 valence electrons. The normalized spacial score (nSPS) is 11.3. The third-order valence-corrected chi connectivity index (χ3v) is 3.14. The maximum absolute atomic E-state index is 11.4. The van der Waals surface area contributed by atoms with E-state index in [-0.39, 0.29) is 30.8 Å². The van der Waals surface area contributed by atoms with E-state index in [9.17, 15) is 4.79 Å². The lowest BCUT2D eigenvalue weighted by atomic mass is 10.00. The molecule has 2 aromatic rings. The van der Waals surface area contributed by atoms with Crippen molar-refractivity contribution < 1.29 is 9.53 Å². The summed E-state index contributed by atoms with van der Waals surface area (Å²) in [6, 6.07) is 17.8. The van der Waals surface area contributed by atoms with Crippen LogP contribution in [0.3, 0.4) is 0 Å².